The van der Waals surface area contributed by atoms with Crippen molar-refractivity contribution in [3.8, 4) is 0 Å². The summed E-state index contributed by atoms with van der Waals surface area (Å²) in [6, 6.07) is 10.3. The highest BCUT2D eigenvalue weighted by Crippen LogP contribution is 2.01. The van der Waals surface area contributed by atoms with E-state index >= 15 is 0 Å². The molecular weight excluding hydrogens is 202 g/mol. The van der Waals surface area contributed by atoms with Crippen LogP contribution in [0.3, 0.4) is 0 Å². The highest BCUT2D eigenvalue weighted by Gasteiger charge is 2.05. The van der Waals surface area contributed by atoms with Gasteiger partial charge in [0.1, 0.15) is 0 Å². The topological polar surface area (TPSA) is 70.6 Å². The number of oxime groups is 1. The molecule has 0 saturated carbocycles. The number of benzene rings is 1. The van der Waals surface area contributed by atoms with Crippen molar-refractivity contribution in [2.45, 2.75) is 25.8 Å². The second kappa shape index (κ2) is 6.85. The lowest BCUT2D eigenvalue weighted by Gasteiger charge is -2.11. The van der Waals surface area contributed by atoms with E-state index in [1.807, 2.05) is 25.1 Å². The first kappa shape index (κ1) is 12.5. The lowest BCUT2D eigenvalue weighted by Crippen LogP contribution is -2.39. The quantitative estimate of drug-likeness (QED) is 0.223. The van der Waals surface area contributed by atoms with Crippen LogP contribution < -0.4 is 11.1 Å². The molecule has 1 rings (SSSR count). The summed E-state index contributed by atoms with van der Waals surface area (Å²) in [5, 5.41) is 14.6. The summed E-state index contributed by atoms with van der Waals surface area (Å²) in [5.41, 5.74) is 6.78. The molecule has 0 saturated heterocycles. The Kier molecular flexibility index (Phi) is 5.36. The Balaban J connectivity index is 2.17. The van der Waals surface area contributed by atoms with Crippen LogP contribution in [-0.4, -0.2) is 23.6 Å². The maximum absolute atomic E-state index is 8.46. The standard InChI is InChI=1S/C12H19N3O/c1-10(12(13)15-16)14-9-5-8-11-6-3-2-4-7-11/h2-4,6-7,10,14,16H,5,8-9H2,1H3,(H2,13,15). The SMILES string of the molecule is CC(NCCCc1ccccc1)C(N)=NO. The van der Waals surface area contributed by atoms with E-state index in [1.165, 1.54) is 5.56 Å². The summed E-state index contributed by atoms with van der Waals surface area (Å²) in [6.07, 6.45) is 2.07. The van der Waals surface area contributed by atoms with Crippen molar-refractivity contribution in [2.75, 3.05) is 6.54 Å². The molecular formula is C12H19N3O. The van der Waals surface area contributed by atoms with Crippen LogP contribution in [0, 0.1) is 0 Å². The second-order valence-electron chi connectivity index (χ2n) is 3.79. The molecule has 4 N–H and O–H groups in total. The molecule has 1 atom stereocenters. The van der Waals surface area contributed by atoms with Gasteiger partial charge in [0.2, 0.25) is 0 Å². The normalized spacial score (nSPS) is 13.7. The predicted molar refractivity (Wildman–Crippen MR) is 65.6 cm³/mol. The summed E-state index contributed by atoms with van der Waals surface area (Å²) < 4.78 is 0. The second-order valence-corrected chi connectivity index (χ2v) is 3.79. The van der Waals surface area contributed by atoms with E-state index in [0.29, 0.717) is 0 Å². The minimum absolute atomic E-state index is 0.0826. The fourth-order valence-electron chi connectivity index (χ4n) is 1.45. The number of nitrogens with two attached hydrogens (primary N) is 1. The number of aryl methyl sites for hydroxylation is 1. The van der Waals surface area contributed by atoms with Crippen molar-refractivity contribution in [3.63, 3.8) is 0 Å². The van der Waals surface area contributed by atoms with Crippen molar-refractivity contribution in [1.29, 1.82) is 0 Å². The molecule has 0 bridgehead atoms. The van der Waals surface area contributed by atoms with Crippen LogP contribution in [0.5, 0.6) is 0 Å². The highest BCUT2D eigenvalue weighted by atomic mass is 16.4. The molecule has 0 radical (unpaired) electrons. The third kappa shape index (κ3) is 4.31. The summed E-state index contributed by atoms with van der Waals surface area (Å²) in [7, 11) is 0. The Morgan fingerprint density at radius 1 is 1.44 bits per heavy atom. The Bertz CT molecular complexity index is 324. The largest absolute Gasteiger partial charge is 0.409 e. The zero-order valence-corrected chi connectivity index (χ0v) is 9.56. The monoisotopic (exact) mass is 221 g/mol. The molecule has 1 aromatic carbocycles. The summed E-state index contributed by atoms with van der Waals surface area (Å²) >= 11 is 0. The zero-order valence-electron chi connectivity index (χ0n) is 9.56. The lowest BCUT2D eigenvalue weighted by molar-refractivity contribution is 0.315. The van der Waals surface area contributed by atoms with Gasteiger partial charge in [-0.2, -0.15) is 0 Å². The molecule has 0 spiro atoms. The Morgan fingerprint density at radius 3 is 2.75 bits per heavy atom. The molecule has 0 aromatic heterocycles. The van der Waals surface area contributed by atoms with Gasteiger partial charge in [0, 0.05) is 0 Å². The van der Waals surface area contributed by atoms with Crippen molar-refractivity contribution in [2.24, 2.45) is 10.9 Å². The van der Waals surface area contributed by atoms with E-state index in [2.05, 4.69) is 22.6 Å². The number of amidine groups is 1. The van der Waals surface area contributed by atoms with Crippen LogP contribution in [0.25, 0.3) is 0 Å². The maximum Gasteiger partial charge on any atom is 0.156 e. The third-order valence-electron chi connectivity index (χ3n) is 2.49. The molecule has 4 heteroatoms. The Hall–Kier alpha value is -1.55. The van der Waals surface area contributed by atoms with E-state index in [-0.39, 0.29) is 11.9 Å². The molecule has 88 valence electrons. The predicted octanol–water partition coefficient (Wildman–Crippen LogP) is 1.34. The summed E-state index contributed by atoms with van der Waals surface area (Å²) in [4.78, 5) is 0. The van der Waals surface area contributed by atoms with Crippen molar-refractivity contribution < 1.29 is 5.21 Å². The van der Waals surface area contributed by atoms with Gasteiger partial charge in [0.25, 0.3) is 0 Å². The number of hydrogen-bond acceptors (Lipinski definition) is 3. The van der Waals surface area contributed by atoms with E-state index < -0.39 is 0 Å². The van der Waals surface area contributed by atoms with E-state index in [1.54, 1.807) is 0 Å². The van der Waals surface area contributed by atoms with Gasteiger partial charge in [-0.3, -0.25) is 0 Å². The number of rotatable bonds is 6. The number of nitrogens with one attached hydrogen (secondary N) is 1. The zero-order chi connectivity index (χ0) is 11.8. The summed E-state index contributed by atoms with van der Waals surface area (Å²) in [5.74, 6) is 0.222. The maximum atomic E-state index is 8.46. The molecule has 16 heavy (non-hydrogen) atoms. The molecule has 0 heterocycles. The van der Waals surface area contributed by atoms with Crippen molar-refractivity contribution in [1.82, 2.24) is 5.32 Å². The molecule has 0 aliphatic rings. The van der Waals surface area contributed by atoms with Crippen LogP contribution in [-0.2, 0) is 6.42 Å². The Labute approximate surface area is 96.2 Å². The van der Waals surface area contributed by atoms with Crippen molar-refractivity contribution in [3.05, 3.63) is 35.9 Å². The minimum atomic E-state index is -0.0826. The van der Waals surface area contributed by atoms with Gasteiger partial charge in [0.15, 0.2) is 5.84 Å². The third-order valence-corrected chi connectivity index (χ3v) is 2.49. The van der Waals surface area contributed by atoms with E-state index in [9.17, 15) is 0 Å². The smallest absolute Gasteiger partial charge is 0.156 e. The fourth-order valence-corrected chi connectivity index (χ4v) is 1.45. The van der Waals surface area contributed by atoms with E-state index in [0.717, 1.165) is 19.4 Å². The molecule has 1 aromatic rings. The van der Waals surface area contributed by atoms with Crippen LogP contribution >= 0.6 is 0 Å². The minimum Gasteiger partial charge on any atom is -0.409 e. The fraction of sp³-hybridized carbons (Fsp3) is 0.417. The highest BCUT2D eigenvalue weighted by molar-refractivity contribution is 5.84. The summed E-state index contributed by atoms with van der Waals surface area (Å²) in [6.45, 7) is 2.73. The van der Waals surface area contributed by atoms with Gasteiger partial charge < -0.3 is 16.3 Å². The first-order valence-corrected chi connectivity index (χ1v) is 5.48. The van der Waals surface area contributed by atoms with Crippen LogP contribution in [0.15, 0.2) is 35.5 Å². The molecule has 0 amide bonds. The van der Waals surface area contributed by atoms with Gasteiger partial charge >= 0.3 is 0 Å². The van der Waals surface area contributed by atoms with Crippen LogP contribution in [0.1, 0.15) is 18.9 Å². The van der Waals surface area contributed by atoms with Crippen LogP contribution in [0.4, 0.5) is 0 Å². The van der Waals surface area contributed by atoms with Crippen molar-refractivity contribution >= 4 is 5.84 Å². The van der Waals surface area contributed by atoms with Gasteiger partial charge in [-0.15, -0.1) is 0 Å². The molecule has 0 fully saturated rings. The lowest BCUT2D eigenvalue weighted by atomic mass is 10.1. The van der Waals surface area contributed by atoms with Gasteiger partial charge in [-0.25, -0.2) is 0 Å². The molecule has 4 nitrogen and oxygen atoms in total. The first-order valence-electron chi connectivity index (χ1n) is 5.48. The average molecular weight is 221 g/mol. The number of hydrogen-bond donors (Lipinski definition) is 3. The van der Waals surface area contributed by atoms with Gasteiger partial charge in [-0.05, 0) is 31.9 Å². The van der Waals surface area contributed by atoms with E-state index in [4.69, 9.17) is 10.9 Å². The molecule has 1 unspecified atom stereocenters. The number of nitrogens with zero attached hydrogens (tertiary/aromatic N) is 1. The molecule has 0 aliphatic carbocycles. The first-order chi connectivity index (χ1) is 7.74. The average Bonchev–Trinajstić information content (AvgIpc) is 2.34. The van der Waals surface area contributed by atoms with Gasteiger partial charge in [0.05, 0.1) is 6.04 Å². The van der Waals surface area contributed by atoms with Crippen LogP contribution in [0.2, 0.25) is 0 Å². The molecule has 0 aliphatic heterocycles. The Morgan fingerprint density at radius 2 is 2.12 bits per heavy atom. The van der Waals surface area contributed by atoms with Gasteiger partial charge in [-0.1, -0.05) is 35.5 Å².